The van der Waals surface area contributed by atoms with Crippen LogP contribution in [-0.2, 0) is 27.5 Å². The fraction of sp³-hybridized carbons (Fsp3) is 0.516. The molecule has 2 fully saturated rings. The van der Waals surface area contributed by atoms with Gasteiger partial charge in [-0.15, -0.1) is 0 Å². The molecule has 0 radical (unpaired) electrons. The van der Waals surface area contributed by atoms with Gasteiger partial charge in [0.05, 0.1) is 29.9 Å². The van der Waals surface area contributed by atoms with Crippen LogP contribution in [-0.4, -0.2) is 102 Å². The van der Waals surface area contributed by atoms with E-state index in [2.05, 4.69) is 20.1 Å². The van der Waals surface area contributed by atoms with Crippen LogP contribution in [0.5, 0.6) is 0 Å². The number of carbonyl (C=O) groups excluding carboxylic acids is 2. The molecule has 1 aromatic carbocycles. The number of thiazole rings is 1. The molecule has 15 heteroatoms. The lowest BCUT2D eigenvalue weighted by atomic mass is 10.0. The minimum Gasteiger partial charge on any atom is -0.462 e. The SMILES string of the molecule is CCOC(=O)c1sc(Nc2nc(N3CCC(O)CC3)c3c(n2)N(Cc2ccc(C(=O)N4CCS(=O)(=O)CC4)cc2)CCC3)nc1C. The summed E-state index contributed by atoms with van der Waals surface area (Å²) in [5, 5.41) is 13.9. The van der Waals surface area contributed by atoms with Gasteiger partial charge in [0.2, 0.25) is 5.95 Å². The van der Waals surface area contributed by atoms with Crippen molar-refractivity contribution >= 4 is 55.8 Å². The summed E-state index contributed by atoms with van der Waals surface area (Å²) in [5.41, 5.74) is 3.17. The minimum absolute atomic E-state index is 0.00138. The number of piperidine rings is 1. The van der Waals surface area contributed by atoms with Crippen LogP contribution in [0.4, 0.5) is 22.7 Å². The van der Waals surface area contributed by atoms with Crippen LogP contribution in [0.1, 0.15) is 63.0 Å². The second-order valence-electron chi connectivity index (χ2n) is 11.8. The molecule has 2 saturated heterocycles. The highest BCUT2D eigenvalue weighted by Gasteiger charge is 2.30. The molecule has 2 aromatic heterocycles. The molecule has 246 valence electrons. The van der Waals surface area contributed by atoms with Gasteiger partial charge in [-0.25, -0.2) is 18.2 Å². The number of hydrogen-bond donors (Lipinski definition) is 2. The second-order valence-corrected chi connectivity index (χ2v) is 15.1. The Balaban J connectivity index is 1.25. The molecule has 2 N–H and O–H groups in total. The molecule has 0 aliphatic carbocycles. The molecule has 0 bridgehead atoms. The van der Waals surface area contributed by atoms with Gasteiger partial charge in [-0.05, 0) is 57.2 Å². The fourth-order valence-corrected chi connectivity index (χ4v) is 8.11. The third kappa shape index (κ3) is 7.10. The number of amides is 1. The summed E-state index contributed by atoms with van der Waals surface area (Å²) in [7, 11) is -3.07. The molecule has 6 rings (SSSR count). The molecule has 3 aliphatic rings. The van der Waals surface area contributed by atoms with Crippen LogP contribution < -0.4 is 15.1 Å². The Morgan fingerprint density at radius 2 is 1.72 bits per heavy atom. The van der Waals surface area contributed by atoms with E-state index in [0.717, 1.165) is 42.1 Å². The van der Waals surface area contributed by atoms with E-state index < -0.39 is 15.8 Å². The van der Waals surface area contributed by atoms with Gasteiger partial charge in [-0.3, -0.25) is 10.1 Å². The molecule has 5 heterocycles. The van der Waals surface area contributed by atoms with Gasteiger partial charge < -0.3 is 24.5 Å². The number of fused-ring (bicyclic) bond motifs is 1. The highest BCUT2D eigenvalue weighted by atomic mass is 32.2. The summed E-state index contributed by atoms with van der Waals surface area (Å²) < 4.78 is 28.8. The van der Waals surface area contributed by atoms with E-state index in [1.165, 1.54) is 11.3 Å². The predicted octanol–water partition coefficient (Wildman–Crippen LogP) is 2.95. The van der Waals surface area contributed by atoms with E-state index in [9.17, 15) is 23.1 Å². The molecule has 1 amide bonds. The molecule has 46 heavy (non-hydrogen) atoms. The van der Waals surface area contributed by atoms with Crippen molar-refractivity contribution < 1.29 is 27.9 Å². The standard InChI is InChI=1S/C31H39N7O6S2/c1-3-44-29(41)25-20(2)32-31(45-25)35-30-33-26(36-13-10-23(39)11-14-36)24-5-4-12-38(27(24)34-30)19-21-6-8-22(9-7-21)28(40)37-15-17-46(42,43)18-16-37/h6-9,23,39H,3-5,10-19H2,1-2H3,(H,32,33,34,35). The monoisotopic (exact) mass is 669 g/mol. The number of aliphatic hydroxyl groups excluding tert-OH is 1. The minimum atomic E-state index is -3.07. The zero-order valence-corrected chi connectivity index (χ0v) is 27.7. The first-order valence-corrected chi connectivity index (χ1v) is 18.3. The van der Waals surface area contributed by atoms with Crippen LogP contribution in [0, 0.1) is 6.92 Å². The van der Waals surface area contributed by atoms with Crippen molar-refractivity contribution in [3.63, 3.8) is 0 Å². The van der Waals surface area contributed by atoms with E-state index >= 15 is 0 Å². The second kappa shape index (κ2) is 13.5. The maximum atomic E-state index is 13.0. The Labute approximate surface area is 272 Å². The van der Waals surface area contributed by atoms with Gasteiger partial charge in [-0.1, -0.05) is 23.5 Å². The lowest BCUT2D eigenvalue weighted by Crippen LogP contribution is -2.43. The van der Waals surface area contributed by atoms with Crippen molar-refractivity contribution in [2.45, 2.75) is 52.2 Å². The van der Waals surface area contributed by atoms with Crippen molar-refractivity contribution in [1.29, 1.82) is 0 Å². The van der Waals surface area contributed by atoms with Crippen LogP contribution in [0.15, 0.2) is 24.3 Å². The number of nitrogens with one attached hydrogen (secondary N) is 1. The van der Waals surface area contributed by atoms with Crippen molar-refractivity contribution in [2.75, 3.05) is 66.0 Å². The van der Waals surface area contributed by atoms with Crippen LogP contribution in [0.25, 0.3) is 0 Å². The quantitative estimate of drug-likeness (QED) is 0.339. The van der Waals surface area contributed by atoms with Gasteiger partial charge >= 0.3 is 5.97 Å². The number of rotatable bonds is 8. The number of anilines is 4. The zero-order valence-electron chi connectivity index (χ0n) is 26.1. The Morgan fingerprint density at radius 1 is 1.02 bits per heavy atom. The highest BCUT2D eigenvalue weighted by molar-refractivity contribution is 7.91. The lowest BCUT2D eigenvalue weighted by molar-refractivity contribution is 0.0530. The maximum Gasteiger partial charge on any atom is 0.350 e. The van der Waals surface area contributed by atoms with Gasteiger partial charge in [0.15, 0.2) is 15.0 Å². The molecular weight excluding hydrogens is 631 g/mol. The van der Waals surface area contributed by atoms with Gasteiger partial charge in [0, 0.05) is 50.4 Å². The third-order valence-corrected chi connectivity index (χ3v) is 11.2. The lowest BCUT2D eigenvalue weighted by Gasteiger charge is -2.36. The molecular formula is C31H39N7O6S2. The number of esters is 1. The molecule has 0 atom stereocenters. The molecule has 3 aliphatic heterocycles. The van der Waals surface area contributed by atoms with Crippen molar-refractivity contribution in [3.8, 4) is 0 Å². The number of benzene rings is 1. The molecule has 3 aromatic rings. The number of sulfone groups is 1. The number of nitrogens with zero attached hydrogens (tertiary/aromatic N) is 6. The van der Waals surface area contributed by atoms with Crippen molar-refractivity contribution in [3.05, 3.63) is 51.5 Å². The highest BCUT2D eigenvalue weighted by Crippen LogP contribution is 2.36. The smallest absolute Gasteiger partial charge is 0.350 e. The summed E-state index contributed by atoms with van der Waals surface area (Å²) in [4.78, 5) is 46.3. The van der Waals surface area contributed by atoms with Gasteiger partial charge in [0.25, 0.3) is 5.91 Å². The summed E-state index contributed by atoms with van der Waals surface area (Å²) in [5.74, 6) is 1.46. The topological polar surface area (TPSA) is 158 Å². The largest absolute Gasteiger partial charge is 0.462 e. The van der Waals surface area contributed by atoms with Crippen LogP contribution in [0.2, 0.25) is 0 Å². The van der Waals surface area contributed by atoms with Gasteiger partial charge in [-0.2, -0.15) is 9.97 Å². The summed E-state index contributed by atoms with van der Waals surface area (Å²) in [6.07, 6.45) is 2.76. The van der Waals surface area contributed by atoms with E-state index in [-0.39, 0.29) is 43.2 Å². The average molecular weight is 670 g/mol. The number of ether oxygens (including phenoxy) is 1. The first-order valence-electron chi connectivity index (χ1n) is 15.7. The van der Waals surface area contributed by atoms with E-state index in [1.807, 2.05) is 12.1 Å². The number of hydrogen-bond acceptors (Lipinski definition) is 13. The van der Waals surface area contributed by atoms with Crippen LogP contribution >= 0.6 is 11.3 Å². The predicted molar refractivity (Wildman–Crippen MR) is 176 cm³/mol. The van der Waals surface area contributed by atoms with E-state index in [1.54, 1.807) is 30.9 Å². The fourth-order valence-electron chi connectivity index (χ4n) is 6.05. The summed E-state index contributed by atoms with van der Waals surface area (Å²) in [6, 6.07) is 7.47. The number of carbonyl (C=O) groups is 2. The Morgan fingerprint density at radius 3 is 2.41 bits per heavy atom. The molecule has 0 unspecified atom stereocenters. The normalized spacial score (nSPS) is 18.3. The molecule has 13 nitrogen and oxygen atoms in total. The van der Waals surface area contributed by atoms with Crippen LogP contribution in [0.3, 0.4) is 0 Å². The first kappa shape index (κ1) is 32.1. The van der Waals surface area contributed by atoms with Gasteiger partial charge in [0.1, 0.15) is 16.5 Å². The number of aliphatic hydroxyl groups is 1. The molecule has 0 saturated carbocycles. The maximum absolute atomic E-state index is 13.0. The van der Waals surface area contributed by atoms with E-state index in [4.69, 9.17) is 14.7 Å². The van der Waals surface area contributed by atoms with E-state index in [0.29, 0.717) is 59.7 Å². The Kier molecular flexibility index (Phi) is 9.43. The zero-order chi connectivity index (χ0) is 32.4. The Hall–Kier alpha value is -3.82. The van der Waals surface area contributed by atoms with Crippen molar-refractivity contribution in [1.82, 2.24) is 19.9 Å². The Bertz CT molecular complexity index is 1690. The summed E-state index contributed by atoms with van der Waals surface area (Å²) in [6.45, 7) is 6.97. The first-order chi connectivity index (χ1) is 22.1. The third-order valence-electron chi connectivity index (χ3n) is 8.56. The average Bonchev–Trinajstić information content (AvgIpc) is 3.41. The molecule has 0 spiro atoms. The number of aromatic nitrogens is 3. The summed E-state index contributed by atoms with van der Waals surface area (Å²) >= 11 is 1.20. The van der Waals surface area contributed by atoms with Crippen molar-refractivity contribution in [2.24, 2.45) is 0 Å². The number of aryl methyl sites for hydroxylation is 1.